The van der Waals surface area contributed by atoms with Crippen LogP contribution in [0.4, 0.5) is 11.5 Å². The smallest absolute Gasteiger partial charge is 0.274 e. The first-order valence-corrected chi connectivity index (χ1v) is 9.92. The summed E-state index contributed by atoms with van der Waals surface area (Å²) in [4.78, 5) is 13.9. The van der Waals surface area contributed by atoms with E-state index in [0.717, 1.165) is 11.4 Å². The highest BCUT2D eigenvalue weighted by molar-refractivity contribution is 7.91. The maximum Gasteiger partial charge on any atom is 0.274 e. The van der Waals surface area contributed by atoms with E-state index in [1.807, 2.05) is 24.3 Å². The van der Waals surface area contributed by atoms with Crippen molar-refractivity contribution in [1.29, 1.82) is 0 Å². The van der Waals surface area contributed by atoms with Gasteiger partial charge in [-0.1, -0.05) is 0 Å². The molecule has 1 saturated heterocycles. The molecule has 3 rings (SSSR count). The van der Waals surface area contributed by atoms with Crippen LogP contribution in [-0.4, -0.2) is 61.1 Å². The van der Waals surface area contributed by atoms with E-state index >= 15 is 0 Å². The number of amides is 1. The van der Waals surface area contributed by atoms with Crippen LogP contribution in [0, 0.1) is 0 Å². The summed E-state index contributed by atoms with van der Waals surface area (Å²) >= 11 is 0. The van der Waals surface area contributed by atoms with Gasteiger partial charge in [0.1, 0.15) is 5.75 Å². The van der Waals surface area contributed by atoms with Crippen molar-refractivity contribution in [2.45, 2.75) is 12.5 Å². The molecule has 1 aromatic heterocycles. The Kier molecular flexibility index (Phi) is 5.08. The predicted octanol–water partition coefficient (Wildman–Crippen LogP) is 1.49. The topological polar surface area (TPSA) is 101 Å². The van der Waals surface area contributed by atoms with Gasteiger partial charge in [-0.3, -0.25) is 4.79 Å². The quantitative estimate of drug-likeness (QED) is 0.843. The van der Waals surface area contributed by atoms with E-state index < -0.39 is 9.84 Å². The number of ether oxygens (including phenoxy) is 1. The fourth-order valence-corrected chi connectivity index (χ4v) is 4.54. The van der Waals surface area contributed by atoms with Gasteiger partial charge in [-0.05, 0) is 42.8 Å². The third-order valence-electron chi connectivity index (χ3n) is 4.32. The van der Waals surface area contributed by atoms with Crippen molar-refractivity contribution in [3.05, 3.63) is 42.1 Å². The van der Waals surface area contributed by atoms with Gasteiger partial charge in [0.05, 0.1) is 18.6 Å². The van der Waals surface area contributed by atoms with Gasteiger partial charge in [0.2, 0.25) is 0 Å². The first-order valence-electron chi connectivity index (χ1n) is 8.10. The number of carbonyl (C=O) groups is 1. The molecule has 1 aliphatic heterocycles. The summed E-state index contributed by atoms with van der Waals surface area (Å²) in [7, 11) is 0.144. The lowest BCUT2D eigenvalue weighted by molar-refractivity contribution is 0.0740. The van der Waals surface area contributed by atoms with Gasteiger partial charge in [0.25, 0.3) is 5.91 Å². The highest BCUT2D eigenvalue weighted by Crippen LogP contribution is 2.20. The highest BCUT2D eigenvalue weighted by Gasteiger charge is 2.33. The maximum absolute atomic E-state index is 12.5. The summed E-state index contributed by atoms with van der Waals surface area (Å²) in [5, 5.41) is 11.1. The van der Waals surface area contributed by atoms with Crippen LogP contribution in [0.25, 0.3) is 0 Å². The number of hydrogen-bond acceptors (Lipinski definition) is 7. The molecule has 0 radical (unpaired) electrons. The molecule has 9 heteroatoms. The number of carbonyl (C=O) groups excluding carboxylic acids is 1. The van der Waals surface area contributed by atoms with Gasteiger partial charge in [0, 0.05) is 18.8 Å². The Morgan fingerprint density at radius 3 is 2.46 bits per heavy atom. The Morgan fingerprint density at radius 1 is 1.19 bits per heavy atom. The molecule has 1 fully saturated rings. The molecule has 2 aromatic rings. The van der Waals surface area contributed by atoms with E-state index in [1.54, 1.807) is 26.3 Å². The SMILES string of the molecule is COc1ccc(Nc2ccc(C(=O)N(C)C3CCS(=O)(=O)C3)nn2)cc1. The largest absolute Gasteiger partial charge is 0.497 e. The lowest BCUT2D eigenvalue weighted by atomic mass is 10.2. The van der Waals surface area contributed by atoms with Crippen LogP contribution in [0.3, 0.4) is 0 Å². The van der Waals surface area contributed by atoms with E-state index in [-0.39, 0.29) is 29.1 Å². The zero-order valence-electron chi connectivity index (χ0n) is 14.5. The summed E-state index contributed by atoms with van der Waals surface area (Å²) in [6, 6.07) is 10.2. The fraction of sp³-hybridized carbons (Fsp3) is 0.353. The minimum Gasteiger partial charge on any atom is -0.497 e. The number of nitrogens with one attached hydrogen (secondary N) is 1. The Balaban J connectivity index is 1.65. The second-order valence-electron chi connectivity index (χ2n) is 6.13. The Hall–Kier alpha value is -2.68. The normalized spacial score (nSPS) is 18.3. The first-order chi connectivity index (χ1) is 12.4. The van der Waals surface area contributed by atoms with Gasteiger partial charge < -0.3 is 15.0 Å². The minimum atomic E-state index is -3.05. The highest BCUT2D eigenvalue weighted by atomic mass is 32.2. The van der Waals surface area contributed by atoms with Crippen LogP contribution in [0.15, 0.2) is 36.4 Å². The van der Waals surface area contributed by atoms with E-state index in [2.05, 4.69) is 15.5 Å². The van der Waals surface area contributed by atoms with Crippen LogP contribution >= 0.6 is 0 Å². The van der Waals surface area contributed by atoms with Gasteiger partial charge in [-0.15, -0.1) is 10.2 Å². The average Bonchev–Trinajstić information content (AvgIpc) is 3.01. The minimum absolute atomic E-state index is 0.000221. The Labute approximate surface area is 152 Å². The molecule has 8 nitrogen and oxygen atoms in total. The molecule has 0 aliphatic carbocycles. The molecule has 138 valence electrons. The van der Waals surface area contributed by atoms with Gasteiger partial charge in [-0.2, -0.15) is 0 Å². The van der Waals surface area contributed by atoms with Crippen molar-refractivity contribution in [1.82, 2.24) is 15.1 Å². The van der Waals surface area contributed by atoms with E-state index in [9.17, 15) is 13.2 Å². The Bertz CT molecular complexity index is 882. The number of rotatable bonds is 5. The van der Waals surface area contributed by atoms with Crippen molar-refractivity contribution in [2.24, 2.45) is 0 Å². The second-order valence-corrected chi connectivity index (χ2v) is 8.36. The molecule has 1 aliphatic rings. The van der Waals surface area contributed by atoms with Crippen molar-refractivity contribution in [3.63, 3.8) is 0 Å². The third-order valence-corrected chi connectivity index (χ3v) is 6.07. The van der Waals surface area contributed by atoms with E-state index in [4.69, 9.17) is 4.74 Å². The number of methoxy groups -OCH3 is 1. The molecule has 1 N–H and O–H groups in total. The first kappa shape index (κ1) is 18.1. The number of hydrogen-bond donors (Lipinski definition) is 1. The van der Waals surface area contributed by atoms with Crippen molar-refractivity contribution in [3.8, 4) is 5.75 Å². The van der Waals surface area contributed by atoms with Crippen molar-refractivity contribution < 1.29 is 17.9 Å². The van der Waals surface area contributed by atoms with E-state index in [0.29, 0.717) is 12.2 Å². The molecule has 0 saturated carbocycles. The van der Waals surface area contributed by atoms with Crippen LogP contribution in [0.5, 0.6) is 5.75 Å². The van der Waals surface area contributed by atoms with Crippen molar-refractivity contribution in [2.75, 3.05) is 31.0 Å². The molecule has 1 aromatic carbocycles. The molecule has 1 unspecified atom stereocenters. The average molecular weight is 376 g/mol. The molecular formula is C17H20N4O4S. The molecule has 2 heterocycles. The summed E-state index contributed by atoms with van der Waals surface area (Å²) in [5.74, 6) is 1.03. The van der Waals surface area contributed by atoms with E-state index in [1.165, 1.54) is 4.90 Å². The summed E-state index contributed by atoms with van der Waals surface area (Å²) < 4.78 is 28.3. The van der Waals surface area contributed by atoms with Crippen LogP contribution < -0.4 is 10.1 Å². The fourth-order valence-electron chi connectivity index (χ4n) is 2.76. The Morgan fingerprint density at radius 2 is 1.92 bits per heavy atom. The number of benzene rings is 1. The summed E-state index contributed by atoms with van der Waals surface area (Å²) in [5.41, 5.74) is 0.990. The lowest BCUT2D eigenvalue weighted by Crippen LogP contribution is -2.38. The predicted molar refractivity (Wildman–Crippen MR) is 97.5 cm³/mol. The summed E-state index contributed by atoms with van der Waals surface area (Å²) in [6.07, 6.45) is 0.453. The number of nitrogens with zero attached hydrogens (tertiary/aromatic N) is 3. The van der Waals surface area contributed by atoms with Crippen molar-refractivity contribution >= 4 is 27.2 Å². The standard InChI is InChI=1S/C17H20N4O4S/c1-21(13-9-10-26(23,24)11-13)17(22)15-7-8-16(20-19-15)18-12-3-5-14(25-2)6-4-12/h3-8,13H,9-11H2,1-2H3,(H,18,20). The molecule has 1 atom stereocenters. The zero-order valence-corrected chi connectivity index (χ0v) is 15.4. The van der Waals surface area contributed by atoms with Crippen LogP contribution in [0.2, 0.25) is 0 Å². The monoisotopic (exact) mass is 376 g/mol. The summed E-state index contributed by atoms with van der Waals surface area (Å²) in [6.45, 7) is 0. The molecular weight excluding hydrogens is 356 g/mol. The van der Waals surface area contributed by atoms with Crippen LogP contribution in [0.1, 0.15) is 16.9 Å². The zero-order chi connectivity index (χ0) is 18.7. The number of aromatic nitrogens is 2. The third kappa shape index (κ3) is 4.10. The molecule has 0 spiro atoms. The number of sulfone groups is 1. The molecule has 26 heavy (non-hydrogen) atoms. The lowest BCUT2D eigenvalue weighted by Gasteiger charge is -2.22. The van der Waals surface area contributed by atoms with Gasteiger partial charge in [0.15, 0.2) is 21.3 Å². The molecule has 1 amide bonds. The van der Waals surface area contributed by atoms with Crippen LogP contribution in [-0.2, 0) is 9.84 Å². The second kappa shape index (κ2) is 7.28. The van der Waals surface area contributed by atoms with Gasteiger partial charge >= 0.3 is 0 Å². The van der Waals surface area contributed by atoms with Gasteiger partial charge in [-0.25, -0.2) is 8.42 Å². The number of anilines is 2. The molecule has 0 bridgehead atoms. The maximum atomic E-state index is 12.5.